The lowest BCUT2D eigenvalue weighted by Crippen LogP contribution is -2.19. The van der Waals surface area contributed by atoms with E-state index in [9.17, 15) is 0 Å². The number of nitrogen functional groups attached to an aromatic ring is 1. The van der Waals surface area contributed by atoms with Crippen LogP contribution in [0.5, 0.6) is 0 Å². The molecule has 0 saturated heterocycles. The molecule has 1 saturated carbocycles. The van der Waals surface area contributed by atoms with Crippen molar-refractivity contribution in [2.45, 2.75) is 65.8 Å². The molecule has 1 fully saturated rings. The fourth-order valence-electron chi connectivity index (χ4n) is 3.89. The van der Waals surface area contributed by atoms with Crippen LogP contribution in [0.4, 0.5) is 5.82 Å². The van der Waals surface area contributed by atoms with Crippen molar-refractivity contribution >= 4 is 16.9 Å². The fraction of sp³-hybridized carbons (Fsp3) is 0.647. The van der Waals surface area contributed by atoms with Crippen LogP contribution < -0.4 is 5.73 Å². The minimum absolute atomic E-state index is 0.567. The topological polar surface area (TPSA) is 56.7 Å². The highest BCUT2D eigenvalue weighted by Gasteiger charge is 2.26. The van der Waals surface area contributed by atoms with E-state index in [1.54, 1.807) is 0 Å². The quantitative estimate of drug-likeness (QED) is 0.905. The summed E-state index contributed by atoms with van der Waals surface area (Å²) in [6.45, 7) is 8.56. The van der Waals surface area contributed by atoms with Crippen molar-refractivity contribution < 1.29 is 0 Å². The van der Waals surface area contributed by atoms with Gasteiger partial charge in [0.2, 0.25) is 0 Å². The summed E-state index contributed by atoms with van der Waals surface area (Å²) >= 11 is 0. The highest BCUT2D eigenvalue weighted by atomic mass is 15.1. The van der Waals surface area contributed by atoms with Crippen LogP contribution in [0.1, 0.15) is 62.2 Å². The zero-order chi connectivity index (χ0) is 15.1. The molecule has 114 valence electrons. The summed E-state index contributed by atoms with van der Waals surface area (Å²) in [6.07, 6.45) is 6.49. The van der Waals surface area contributed by atoms with Gasteiger partial charge in [0.15, 0.2) is 0 Å². The Morgan fingerprint density at radius 2 is 1.76 bits per heavy atom. The predicted molar refractivity (Wildman–Crippen MR) is 87.4 cm³/mol. The Hall–Kier alpha value is -1.58. The summed E-state index contributed by atoms with van der Waals surface area (Å²) in [5, 5.41) is 1.05. The van der Waals surface area contributed by atoms with E-state index < -0.39 is 0 Å². The molecule has 0 radical (unpaired) electrons. The molecule has 0 aliphatic heterocycles. The number of aryl methyl sites for hydroxylation is 2. The van der Waals surface area contributed by atoms with E-state index in [0.717, 1.165) is 22.8 Å². The molecule has 2 heterocycles. The largest absolute Gasteiger partial charge is 0.383 e. The molecule has 0 unspecified atom stereocenters. The van der Waals surface area contributed by atoms with Crippen LogP contribution in [0.25, 0.3) is 11.0 Å². The van der Waals surface area contributed by atoms with Crippen LogP contribution in [0.15, 0.2) is 0 Å². The molecule has 21 heavy (non-hydrogen) atoms. The second kappa shape index (κ2) is 5.32. The first-order valence-electron chi connectivity index (χ1n) is 8.14. The van der Waals surface area contributed by atoms with Gasteiger partial charge in [-0.15, -0.1) is 0 Å². The van der Waals surface area contributed by atoms with Gasteiger partial charge in [-0.25, -0.2) is 9.97 Å². The van der Waals surface area contributed by atoms with E-state index in [1.807, 2.05) is 6.92 Å². The summed E-state index contributed by atoms with van der Waals surface area (Å²) in [4.78, 5) is 9.05. The van der Waals surface area contributed by atoms with Crippen molar-refractivity contribution in [1.29, 1.82) is 0 Å². The number of nitrogens with two attached hydrogens (primary N) is 1. The third kappa shape index (κ3) is 2.30. The molecule has 4 nitrogen and oxygen atoms in total. The standard InChI is InChI=1S/C17H26N4/c1-5-13-6-8-14(9-7-13)21-11(3)10(2)15-16(18)19-12(4)20-17(15)21/h13-14H,5-9H2,1-4H3,(H2,18,19,20). The minimum atomic E-state index is 0.567. The number of fused-ring (bicyclic) bond motifs is 1. The van der Waals surface area contributed by atoms with Gasteiger partial charge in [-0.2, -0.15) is 0 Å². The molecule has 0 spiro atoms. The highest BCUT2D eigenvalue weighted by molar-refractivity contribution is 5.91. The molecule has 2 aromatic rings. The Balaban J connectivity index is 2.08. The van der Waals surface area contributed by atoms with Crippen molar-refractivity contribution in [3.05, 3.63) is 17.1 Å². The Morgan fingerprint density at radius 3 is 2.38 bits per heavy atom. The van der Waals surface area contributed by atoms with E-state index in [2.05, 4.69) is 30.3 Å². The van der Waals surface area contributed by atoms with Gasteiger partial charge in [0.1, 0.15) is 17.3 Å². The molecule has 0 amide bonds. The van der Waals surface area contributed by atoms with Crippen LogP contribution in [0, 0.1) is 26.7 Å². The molecule has 3 rings (SSSR count). The lowest BCUT2D eigenvalue weighted by Gasteiger charge is -2.30. The summed E-state index contributed by atoms with van der Waals surface area (Å²) in [5.74, 6) is 2.30. The van der Waals surface area contributed by atoms with Crippen molar-refractivity contribution in [2.24, 2.45) is 5.92 Å². The number of hydrogen-bond acceptors (Lipinski definition) is 3. The lowest BCUT2D eigenvalue weighted by molar-refractivity contribution is 0.271. The SMILES string of the molecule is CCC1CCC(n2c(C)c(C)c3c(N)nc(C)nc32)CC1. The Kier molecular flexibility index (Phi) is 3.64. The fourth-order valence-corrected chi connectivity index (χ4v) is 3.89. The van der Waals surface area contributed by atoms with Crippen molar-refractivity contribution in [3.8, 4) is 0 Å². The molecule has 0 aromatic carbocycles. The molecule has 1 aliphatic rings. The van der Waals surface area contributed by atoms with Gasteiger partial charge in [-0.1, -0.05) is 13.3 Å². The molecule has 0 bridgehead atoms. The maximum atomic E-state index is 6.15. The molecule has 4 heteroatoms. The van der Waals surface area contributed by atoms with E-state index in [1.165, 1.54) is 43.4 Å². The third-order valence-electron chi connectivity index (χ3n) is 5.30. The second-order valence-corrected chi connectivity index (χ2v) is 6.52. The monoisotopic (exact) mass is 286 g/mol. The number of aromatic nitrogens is 3. The summed E-state index contributed by atoms with van der Waals surface area (Å²) in [6, 6.07) is 0.567. The average molecular weight is 286 g/mol. The molecule has 1 aliphatic carbocycles. The van der Waals surface area contributed by atoms with Crippen LogP contribution in [-0.4, -0.2) is 14.5 Å². The van der Waals surface area contributed by atoms with Crippen LogP contribution >= 0.6 is 0 Å². The van der Waals surface area contributed by atoms with Gasteiger partial charge in [-0.05, 0) is 57.9 Å². The number of anilines is 1. The summed E-state index contributed by atoms with van der Waals surface area (Å²) in [7, 11) is 0. The van der Waals surface area contributed by atoms with Crippen molar-refractivity contribution in [3.63, 3.8) is 0 Å². The Labute approximate surface area is 126 Å². The maximum absolute atomic E-state index is 6.15. The van der Waals surface area contributed by atoms with Crippen molar-refractivity contribution in [1.82, 2.24) is 14.5 Å². The van der Waals surface area contributed by atoms with Crippen molar-refractivity contribution in [2.75, 3.05) is 5.73 Å². The van der Waals surface area contributed by atoms with Gasteiger partial charge < -0.3 is 10.3 Å². The predicted octanol–water partition coefficient (Wildman–Crippen LogP) is 4.08. The summed E-state index contributed by atoms with van der Waals surface area (Å²) < 4.78 is 2.43. The minimum Gasteiger partial charge on any atom is -0.383 e. The smallest absolute Gasteiger partial charge is 0.146 e. The average Bonchev–Trinajstić information content (AvgIpc) is 2.71. The van der Waals surface area contributed by atoms with E-state index >= 15 is 0 Å². The van der Waals surface area contributed by atoms with Crippen LogP contribution in [0.3, 0.4) is 0 Å². The van der Waals surface area contributed by atoms with Gasteiger partial charge >= 0.3 is 0 Å². The Morgan fingerprint density at radius 1 is 1.10 bits per heavy atom. The highest BCUT2D eigenvalue weighted by Crippen LogP contribution is 2.38. The van der Waals surface area contributed by atoms with Gasteiger partial charge in [0.05, 0.1) is 5.39 Å². The molecule has 2 aromatic heterocycles. The van der Waals surface area contributed by atoms with E-state index in [-0.39, 0.29) is 0 Å². The normalized spacial score (nSPS) is 22.9. The zero-order valence-corrected chi connectivity index (χ0v) is 13.6. The number of hydrogen-bond donors (Lipinski definition) is 1. The third-order valence-corrected chi connectivity index (χ3v) is 5.30. The van der Waals surface area contributed by atoms with Gasteiger partial charge in [-0.3, -0.25) is 0 Å². The van der Waals surface area contributed by atoms with Gasteiger partial charge in [0, 0.05) is 11.7 Å². The Bertz CT molecular complexity index is 663. The molecule has 0 atom stereocenters. The van der Waals surface area contributed by atoms with Crippen LogP contribution in [0.2, 0.25) is 0 Å². The van der Waals surface area contributed by atoms with Gasteiger partial charge in [0.25, 0.3) is 0 Å². The van der Waals surface area contributed by atoms with E-state index in [4.69, 9.17) is 10.7 Å². The van der Waals surface area contributed by atoms with E-state index in [0.29, 0.717) is 11.9 Å². The first kappa shape index (κ1) is 14.4. The zero-order valence-electron chi connectivity index (χ0n) is 13.6. The summed E-state index contributed by atoms with van der Waals surface area (Å²) in [5.41, 5.74) is 9.72. The maximum Gasteiger partial charge on any atom is 0.146 e. The first-order chi connectivity index (χ1) is 10.0. The molecular formula is C17H26N4. The second-order valence-electron chi connectivity index (χ2n) is 6.52. The molecular weight excluding hydrogens is 260 g/mol. The lowest BCUT2D eigenvalue weighted by atomic mass is 9.84. The first-order valence-corrected chi connectivity index (χ1v) is 8.14. The number of rotatable bonds is 2. The van der Waals surface area contributed by atoms with Crippen LogP contribution in [-0.2, 0) is 0 Å². The number of nitrogens with zero attached hydrogens (tertiary/aromatic N) is 3. The molecule has 2 N–H and O–H groups in total.